The minimum absolute atomic E-state index is 0. The lowest BCUT2D eigenvalue weighted by Crippen LogP contribution is -2.57. The maximum Gasteiger partial charge on any atom is 0.254 e. The summed E-state index contributed by atoms with van der Waals surface area (Å²) in [5.41, 5.74) is 0.685. The van der Waals surface area contributed by atoms with Gasteiger partial charge in [0.05, 0.1) is 6.61 Å². The number of amides is 1. The van der Waals surface area contributed by atoms with E-state index in [0.717, 1.165) is 25.3 Å². The highest BCUT2D eigenvalue weighted by molar-refractivity contribution is 5.95. The number of carbonyl (C=O) groups excluding carboxylic acids is 1. The molecule has 2 unspecified atom stereocenters. The molecule has 1 amide bonds. The van der Waals surface area contributed by atoms with Crippen molar-refractivity contribution in [3.8, 4) is 5.75 Å². The van der Waals surface area contributed by atoms with E-state index in [1.165, 1.54) is 0 Å². The van der Waals surface area contributed by atoms with Crippen LogP contribution in [-0.4, -0.2) is 56.3 Å². The summed E-state index contributed by atoms with van der Waals surface area (Å²) in [6.07, 6.45) is 0.834. The molecule has 5 nitrogen and oxygen atoms in total. The summed E-state index contributed by atoms with van der Waals surface area (Å²) in [6.45, 7) is 7.04. The average Bonchev–Trinajstić information content (AvgIpc) is 2.54. The summed E-state index contributed by atoms with van der Waals surface area (Å²) in [7, 11) is 1.68. The molecule has 1 saturated heterocycles. The first kappa shape index (κ1) is 19.7. The molecule has 1 aliphatic rings. The Morgan fingerprint density at radius 3 is 2.87 bits per heavy atom. The van der Waals surface area contributed by atoms with Crippen molar-refractivity contribution in [1.29, 1.82) is 0 Å². The van der Waals surface area contributed by atoms with Crippen LogP contribution in [-0.2, 0) is 4.74 Å². The third-order valence-electron chi connectivity index (χ3n) is 4.14. The van der Waals surface area contributed by atoms with Crippen molar-refractivity contribution in [1.82, 2.24) is 10.2 Å². The second kappa shape index (κ2) is 9.75. The van der Waals surface area contributed by atoms with Crippen LogP contribution in [0.1, 0.15) is 30.6 Å². The van der Waals surface area contributed by atoms with E-state index in [2.05, 4.69) is 19.2 Å². The Balaban J connectivity index is 0.00000264. The predicted octanol–water partition coefficient (Wildman–Crippen LogP) is 2.35. The lowest BCUT2D eigenvalue weighted by Gasteiger charge is -2.38. The van der Waals surface area contributed by atoms with E-state index in [1.807, 2.05) is 29.2 Å². The molecule has 1 aromatic rings. The fraction of sp³-hybridized carbons (Fsp3) is 0.588. The maximum atomic E-state index is 12.7. The largest absolute Gasteiger partial charge is 0.493 e. The minimum Gasteiger partial charge on any atom is -0.493 e. The lowest BCUT2D eigenvalue weighted by molar-refractivity contribution is 0.0602. The van der Waals surface area contributed by atoms with Gasteiger partial charge in [0.1, 0.15) is 5.75 Å². The Labute approximate surface area is 144 Å². The van der Waals surface area contributed by atoms with Crippen LogP contribution in [0.25, 0.3) is 0 Å². The van der Waals surface area contributed by atoms with Crippen LogP contribution >= 0.6 is 12.4 Å². The first-order chi connectivity index (χ1) is 10.6. The molecule has 1 heterocycles. The lowest BCUT2D eigenvalue weighted by atomic mass is 10.1. The summed E-state index contributed by atoms with van der Waals surface area (Å²) < 4.78 is 10.7. The van der Waals surface area contributed by atoms with Crippen molar-refractivity contribution in [2.45, 2.75) is 32.4 Å². The standard InChI is InChI=1S/C17H26N2O3.ClH/c1-13-14(2)19(9-8-18-13)17(20)15-6-4-7-16(12-15)22-11-5-10-21-3;/h4,6-7,12-14,18H,5,8-11H2,1-3H3;1H. The number of rotatable bonds is 6. The Morgan fingerprint density at radius 1 is 1.35 bits per heavy atom. The van der Waals surface area contributed by atoms with Gasteiger partial charge in [0.2, 0.25) is 0 Å². The molecule has 6 heteroatoms. The fourth-order valence-electron chi connectivity index (χ4n) is 2.62. The van der Waals surface area contributed by atoms with Crippen LogP contribution in [0, 0.1) is 0 Å². The van der Waals surface area contributed by atoms with Gasteiger partial charge in [-0.1, -0.05) is 6.07 Å². The van der Waals surface area contributed by atoms with Crippen molar-refractivity contribution in [3.05, 3.63) is 29.8 Å². The number of ether oxygens (including phenoxy) is 2. The van der Waals surface area contributed by atoms with E-state index in [-0.39, 0.29) is 24.4 Å². The molecule has 1 N–H and O–H groups in total. The number of hydrogen-bond donors (Lipinski definition) is 1. The second-order valence-electron chi connectivity index (χ2n) is 5.70. The Bertz CT molecular complexity index is 498. The Kier molecular flexibility index (Phi) is 8.37. The summed E-state index contributed by atoms with van der Waals surface area (Å²) in [4.78, 5) is 14.6. The summed E-state index contributed by atoms with van der Waals surface area (Å²) >= 11 is 0. The highest BCUT2D eigenvalue weighted by Crippen LogP contribution is 2.18. The highest BCUT2D eigenvalue weighted by atomic mass is 35.5. The van der Waals surface area contributed by atoms with Crippen LogP contribution in [0.5, 0.6) is 5.75 Å². The maximum absolute atomic E-state index is 12.7. The average molecular weight is 343 g/mol. The van der Waals surface area contributed by atoms with Gasteiger partial charge >= 0.3 is 0 Å². The molecule has 0 spiro atoms. The number of benzene rings is 1. The van der Waals surface area contributed by atoms with Crippen molar-refractivity contribution in [2.24, 2.45) is 0 Å². The van der Waals surface area contributed by atoms with E-state index in [1.54, 1.807) is 7.11 Å². The van der Waals surface area contributed by atoms with E-state index in [9.17, 15) is 4.79 Å². The number of methoxy groups -OCH3 is 1. The van der Waals surface area contributed by atoms with Crippen LogP contribution in [0.2, 0.25) is 0 Å². The molecular formula is C17H27ClN2O3. The van der Waals surface area contributed by atoms with E-state index in [0.29, 0.717) is 24.8 Å². The third-order valence-corrected chi connectivity index (χ3v) is 4.14. The van der Waals surface area contributed by atoms with Gasteiger partial charge in [-0.2, -0.15) is 0 Å². The van der Waals surface area contributed by atoms with Crippen molar-refractivity contribution >= 4 is 18.3 Å². The zero-order valence-electron chi connectivity index (χ0n) is 14.1. The molecule has 0 aliphatic carbocycles. The van der Waals surface area contributed by atoms with E-state index in [4.69, 9.17) is 9.47 Å². The highest BCUT2D eigenvalue weighted by Gasteiger charge is 2.28. The van der Waals surface area contributed by atoms with Gasteiger partial charge in [0.25, 0.3) is 5.91 Å². The van der Waals surface area contributed by atoms with Gasteiger partial charge in [0.15, 0.2) is 0 Å². The van der Waals surface area contributed by atoms with Gasteiger partial charge < -0.3 is 19.7 Å². The van der Waals surface area contributed by atoms with Gasteiger partial charge in [-0.15, -0.1) is 12.4 Å². The first-order valence-electron chi connectivity index (χ1n) is 7.89. The topological polar surface area (TPSA) is 50.8 Å². The van der Waals surface area contributed by atoms with Gasteiger partial charge in [-0.05, 0) is 32.0 Å². The van der Waals surface area contributed by atoms with Gasteiger partial charge in [0, 0.05) is 50.9 Å². The number of hydrogen-bond acceptors (Lipinski definition) is 4. The van der Waals surface area contributed by atoms with Crippen molar-refractivity contribution < 1.29 is 14.3 Å². The summed E-state index contributed by atoms with van der Waals surface area (Å²) in [6, 6.07) is 7.93. The quantitative estimate of drug-likeness (QED) is 0.806. The molecule has 0 radical (unpaired) electrons. The zero-order chi connectivity index (χ0) is 15.9. The molecule has 0 bridgehead atoms. The molecule has 0 aromatic heterocycles. The van der Waals surface area contributed by atoms with Crippen LogP contribution in [0.3, 0.4) is 0 Å². The monoisotopic (exact) mass is 342 g/mol. The molecule has 2 rings (SSSR count). The number of nitrogens with one attached hydrogen (secondary N) is 1. The van der Waals surface area contributed by atoms with Crippen molar-refractivity contribution in [3.63, 3.8) is 0 Å². The van der Waals surface area contributed by atoms with E-state index < -0.39 is 0 Å². The summed E-state index contributed by atoms with van der Waals surface area (Å²) in [5, 5.41) is 3.39. The minimum atomic E-state index is 0. The number of piperazine rings is 1. The number of nitrogens with zero attached hydrogens (tertiary/aromatic N) is 1. The molecule has 23 heavy (non-hydrogen) atoms. The smallest absolute Gasteiger partial charge is 0.254 e. The van der Waals surface area contributed by atoms with Crippen LogP contribution in [0.15, 0.2) is 24.3 Å². The molecule has 0 saturated carbocycles. The summed E-state index contributed by atoms with van der Waals surface area (Å²) in [5.74, 6) is 0.806. The predicted molar refractivity (Wildman–Crippen MR) is 93.6 cm³/mol. The SMILES string of the molecule is COCCCOc1cccc(C(=O)N2CCNC(C)C2C)c1.Cl. The molecule has 1 aromatic carbocycles. The van der Waals surface area contributed by atoms with Gasteiger partial charge in [-0.25, -0.2) is 0 Å². The third kappa shape index (κ3) is 5.37. The Hall–Kier alpha value is -1.30. The fourth-order valence-corrected chi connectivity index (χ4v) is 2.62. The molecule has 1 aliphatic heterocycles. The molecule has 1 fully saturated rings. The number of halogens is 1. The molecular weight excluding hydrogens is 316 g/mol. The zero-order valence-corrected chi connectivity index (χ0v) is 14.9. The van der Waals surface area contributed by atoms with Crippen LogP contribution in [0.4, 0.5) is 0 Å². The molecule has 130 valence electrons. The Morgan fingerprint density at radius 2 is 2.13 bits per heavy atom. The van der Waals surface area contributed by atoms with Crippen LogP contribution < -0.4 is 10.1 Å². The van der Waals surface area contributed by atoms with Gasteiger partial charge in [-0.3, -0.25) is 4.79 Å². The first-order valence-corrected chi connectivity index (χ1v) is 7.89. The van der Waals surface area contributed by atoms with Crippen molar-refractivity contribution in [2.75, 3.05) is 33.4 Å². The number of carbonyl (C=O) groups is 1. The van der Waals surface area contributed by atoms with E-state index >= 15 is 0 Å². The normalized spacial score (nSPS) is 20.7. The second-order valence-corrected chi connectivity index (χ2v) is 5.70. The molecule has 2 atom stereocenters.